The highest BCUT2D eigenvalue weighted by Crippen LogP contribution is 2.25. The standard InChI is InChI=1S/C13H15N5O2/c1-8-5-12(17-13(14)16-8)18-15-7-9-3-4-10(19)11(6-9)20-2/h3-7,19H,1-2H3,(H3,14,16,17,18)/b15-7-. The van der Waals surface area contributed by atoms with Crippen molar-refractivity contribution in [2.75, 3.05) is 18.3 Å². The number of nitrogens with zero attached hydrogens (tertiary/aromatic N) is 3. The number of nitrogens with one attached hydrogen (secondary N) is 1. The third-order valence-electron chi connectivity index (χ3n) is 2.47. The van der Waals surface area contributed by atoms with Crippen molar-refractivity contribution in [1.29, 1.82) is 0 Å². The zero-order valence-electron chi connectivity index (χ0n) is 11.2. The van der Waals surface area contributed by atoms with E-state index in [4.69, 9.17) is 10.5 Å². The third kappa shape index (κ3) is 3.35. The Kier molecular flexibility index (Phi) is 3.99. The molecule has 0 amide bonds. The van der Waals surface area contributed by atoms with Gasteiger partial charge in [0.15, 0.2) is 17.3 Å². The summed E-state index contributed by atoms with van der Waals surface area (Å²) >= 11 is 0. The van der Waals surface area contributed by atoms with Crippen LogP contribution < -0.4 is 15.9 Å². The molecule has 104 valence electrons. The number of hydrogen-bond acceptors (Lipinski definition) is 7. The molecule has 0 aliphatic heterocycles. The van der Waals surface area contributed by atoms with E-state index in [0.29, 0.717) is 11.6 Å². The van der Waals surface area contributed by atoms with E-state index in [-0.39, 0.29) is 11.7 Å². The van der Waals surface area contributed by atoms with Crippen molar-refractivity contribution in [3.63, 3.8) is 0 Å². The molecule has 7 nitrogen and oxygen atoms in total. The summed E-state index contributed by atoms with van der Waals surface area (Å²) < 4.78 is 5.01. The van der Waals surface area contributed by atoms with Gasteiger partial charge in [-0.25, -0.2) is 4.98 Å². The van der Waals surface area contributed by atoms with Crippen molar-refractivity contribution in [3.8, 4) is 11.5 Å². The molecule has 2 rings (SSSR count). The Morgan fingerprint density at radius 3 is 2.85 bits per heavy atom. The number of nitrogen functional groups attached to an aromatic ring is 1. The summed E-state index contributed by atoms with van der Waals surface area (Å²) in [6.07, 6.45) is 1.58. The van der Waals surface area contributed by atoms with Crippen LogP contribution in [0.5, 0.6) is 11.5 Å². The molecule has 2 aromatic rings. The first-order valence-electron chi connectivity index (χ1n) is 5.85. The molecule has 0 spiro atoms. The largest absolute Gasteiger partial charge is 0.504 e. The van der Waals surface area contributed by atoms with Crippen LogP contribution in [0.4, 0.5) is 11.8 Å². The summed E-state index contributed by atoms with van der Waals surface area (Å²) in [5.74, 6) is 1.17. The molecule has 0 fully saturated rings. The van der Waals surface area contributed by atoms with Crippen molar-refractivity contribution in [3.05, 3.63) is 35.5 Å². The number of benzene rings is 1. The predicted octanol–water partition coefficient (Wildman–Crippen LogP) is 1.53. The summed E-state index contributed by atoms with van der Waals surface area (Å²) in [5, 5.41) is 13.5. The minimum atomic E-state index is 0.0804. The highest BCUT2D eigenvalue weighted by atomic mass is 16.5. The highest BCUT2D eigenvalue weighted by Gasteiger charge is 2.01. The number of methoxy groups -OCH3 is 1. The van der Waals surface area contributed by atoms with E-state index in [1.165, 1.54) is 13.2 Å². The molecule has 1 aromatic carbocycles. The first-order chi connectivity index (χ1) is 9.58. The molecule has 0 radical (unpaired) electrons. The molecule has 0 saturated carbocycles. The van der Waals surface area contributed by atoms with Crippen LogP contribution in [0.25, 0.3) is 0 Å². The maximum Gasteiger partial charge on any atom is 0.222 e. The fourth-order valence-corrected chi connectivity index (χ4v) is 1.60. The zero-order valence-corrected chi connectivity index (χ0v) is 11.2. The molecule has 0 bridgehead atoms. The Bertz CT molecular complexity index is 622. The lowest BCUT2D eigenvalue weighted by Gasteiger charge is -2.04. The monoisotopic (exact) mass is 273 g/mol. The smallest absolute Gasteiger partial charge is 0.222 e. The van der Waals surface area contributed by atoms with E-state index < -0.39 is 0 Å². The Morgan fingerprint density at radius 1 is 1.35 bits per heavy atom. The minimum Gasteiger partial charge on any atom is -0.504 e. The second-order valence-corrected chi connectivity index (χ2v) is 4.05. The summed E-state index contributed by atoms with van der Waals surface area (Å²) in [6, 6.07) is 6.64. The van der Waals surface area contributed by atoms with Gasteiger partial charge in [0.2, 0.25) is 5.95 Å². The molecule has 0 atom stereocenters. The van der Waals surface area contributed by atoms with E-state index in [2.05, 4.69) is 20.5 Å². The highest BCUT2D eigenvalue weighted by molar-refractivity contribution is 5.81. The maximum atomic E-state index is 9.48. The molecule has 7 heteroatoms. The number of aryl methyl sites for hydroxylation is 1. The van der Waals surface area contributed by atoms with Crippen molar-refractivity contribution in [2.45, 2.75) is 6.92 Å². The molecule has 0 unspecified atom stereocenters. The van der Waals surface area contributed by atoms with Crippen LogP contribution in [0.2, 0.25) is 0 Å². The van der Waals surface area contributed by atoms with Gasteiger partial charge in [0.25, 0.3) is 0 Å². The van der Waals surface area contributed by atoms with Crippen molar-refractivity contribution < 1.29 is 9.84 Å². The van der Waals surface area contributed by atoms with Crippen LogP contribution in [0.1, 0.15) is 11.3 Å². The van der Waals surface area contributed by atoms with Crippen LogP contribution >= 0.6 is 0 Å². The molecular formula is C13H15N5O2. The van der Waals surface area contributed by atoms with Crippen LogP contribution in [-0.2, 0) is 0 Å². The summed E-state index contributed by atoms with van der Waals surface area (Å²) in [6.45, 7) is 1.82. The minimum absolute atomic E-state index is 0.0804. The van der Waals surface area contributed by atoms with Crippen molar-refractivity contribution in [2.24, 2.45) is 5.10 Å². The number of rotatable bonds is 4. The first kappa shape index (κ1) is 13.6. The Hall–Kier alpha value is -2.83. The Balaban J connectivity index is 2.10. The van der Waals surface area contributed by atoms with Gasteiger partial charge in [-0.05, 0) is 30.7 Å². The van der Waals surface area contributed by atoms with Gasteiger partial charge in [0.05, 0.1) is 13.3 Å². The van der Waals surface area contributed by atoms with E-state index >= 15 is 0 Å². The van der Waals surface area contributed by atoms with Gasteiger partial charge < -0.3 is 15.6 Å². The maximum absolute atomic E-state index is 9.48. The normalized spacial score (nSPS) is 10.7. The molecular weight excluding hydrogens is 258 g/mol. The molecule has 1 heterocycles. The Labute approximate surface area is 116 Å². The fourth-order valence-electron chi connectivity index (χ4n) is 1.60. The van der Waals surface area contributed by atoms with Gasteiger partial charge in [0.1, 0.15) is 0 Å². The zero-order chi connectivity index (χ0) is 14.5. The van der Waals surface area contributed by atoms with Crippen molar-refractivity contribution >= 4 is 18.0 Å². The van der Waals surface area contributed by atoms with Gasteiger partial charge in [-0.15, -0.1) is 0 Å². The van der Waals surface area contributed by atoms with Crippen LogP contribution in [0.15, 0.2) is 29.4 Å². The summed E-state index contributed by atoms with van der Waals surface area (Å²) in [5.41, 5.74) is 9.82. The van der Waals surface area contributed by atoms with Gasteiger partial charge >= 0.3 is 0 Å². The van der Waals surface area contributed by atoms with Gasteiger partial charge in [-0.2, -0.15) is 10.1 Å². The van der Waals surface area contributed by atoms with Gasteiger partial charge in [-0.3, -0.25) is 5.43 Å². The number of aromatic nitrogens is 2. The lowest BCUT2D eigenvalue weighted by atomic mass is 10.2. The average molecular weight is 273 g/mol. The number of phenolic OH excluding ortho intramolecular Hbond substituents is 1. The quantitative estimate of drug-likeness (QED) is 0.576. The molecule has 0 saturated heterocycles. The van der Waals surface area contributed by atoms with E-state index in [9.17, 15) is 5.11 Å². The topological polar surface area (TPSA) is 106 Å². The van der Waals surface area contributed by atoms with E-state index in [0.717, 1.165) is 11.3 Å². The lowest BCUT2D eigenvalue weighted by molar-refractivity contribution is 0.373. The third-order valence-corrected chi connectivity index (χ3v) is 2.47. The number of ether oxygens (including phenoxy) is 1. The molecule has 20 heavy (non-hydrogen) atoms. The van der Waals surface area contributed by atoms with Crippen LogP contribution in [-0.4, -0.2) is 28.4 Å². The summed E-state index contributed by atoms with van der Waals surface area (Å²) in [4.78, 5) is 7.95. The van der Waals surface area contributed by atoms with Crippen LogP contribution in [0.3, 0.4) is 0 Å². The van der Waals surface area contributed by atoms with E-state index in [1.54, 1.807) is 24.4 Å². The molecule has 0 aliphatic rings. The number of hydrogen-bond donors (Lipinski definition) is 3. The van der Waals surface area contributed by atoms with Crippen LogP contribution in [0, 0.1) is 6.92 Å². The second kappa shape index (κ2) is 5.87. The van der Waals surface area contributed by atoms with Gasteiger partial charge in [0, 0.05) is 11.8 Å². The lowest BCUT2D eigenvalue weighted by Crippen LogP contribution is -2.01. The number of phenols is 1. The second-order valence-electron chi connectivity index (χ2n) is 4.05. The molecule has 1 aromatic heterocycles. The number of aromatic hydroxyl groups is 1. The predicted molar refractivity (Wildman–Crippen MR) is 77.1 cm³/mol. The fraction of sp³-hybridized carbons (Fsp3) is 0.154. The first-order valence-corrected chi connectivity index (χ1v) is 5.85. The SMILES string of the molecule is COc1cc(/C=N\Nc2cc(C)nc(N)n2)ccc1O. The molecule has 0 aliphatic carbocycles. The van der Waals surface area contributed by atoms with Gasteiger partial charge in [-0.1, -0.05) is 0 Å². The van der Waals surface area contributed by atoms with Crippen molar-refractivity contribution in [1.82, 2.24) is 9.97 Å². The van der Waals surface area contributed by atoms with E-state index in [1.807, 2.05) is 6.92 Å². The Morgan fingerprint density at radius 2 is 2.15 bits per heavy atom. The number of hydrazone groups is 1. The average Bonchev–Trinajstić information content (AvgIpc) is 2.39. The number of nitrogens with two attached hydrogens (primary N) is 1. The molecule has 4 N–H and O–H groups in total. The number of anilines is 2. The summed E-state index contributed by atoms with van der Waals surface area (Å²) in [7, 11) is 1.49.